The highest BCUT2D eigenvalue weighted by Gasteiger charge is 2.12. The van der Waals surface area contributed by atoms with E-state index in [0.29, 0.717) is 30.3 Å². The van der Waals surface area contributed by atoms with Gasteiger partial charge in [0.2, 0.25) is 0 Å². The third kappa shape index (κ3) is 4.41. The molecule has 0 heterocycles. The second-order valence-electron chi connectivity index (χ2n) is 5.19. The number of nitrogens with zero attached hydrogens (tertiary/aromatic N) is 1. The smallest absolute Gasteiger partial charge is 0.170 e. The van der Waals surface area contributed by atoms with E-state index in [1.165, 1.54) is 6.21 Å². The molecule has 0 atom stereocenters. The van der Waals surface area contributed by atoms with Crippen molar-refractivity contribution in [3.05, 3.63) is 51.5 Å². The van der Waals surface area contributed by atoms with Gasteiger partial charge in [-0.1, -0.05) is 39.3 Å². The first-order chi connectivity index (χ1) is 11.6. The van der Waals surface area contributed by atoms with Gasteiger partial charge in [-0.05, 0) is 37.1 Å². The van der Waals surface area contributed by atoms with Gasteiger partial charge in [0.1, 0.15) is 19.0 Å². The van der Waals surface area contributed by atoms with E-state index in [4.69, 9.17) is 19.4 Å². The minimum Gasteiger partial charge on any atom is -0.493 e. The van der Waals surface area contributed by atoms with Crippen LogP contribution in [0.4, 0.5) is 0 Å². The molecule has 0 aromatic heterocycles. The Kier molecular flexibility index (Phi) is 6.49. The minimum absolute atomic E-state index is 0.331. The summed E-state index contributed by atoms with van der Waals surface area (Å²) < 4.78 is 17.8. The van der Waals surface area contributed by atoms with E-state index in [1.54, 1.807) is 19.2 Å². The minimum atomic E-state index is 0.331. The Labute approximate surface area is 150 Å². The normalized spacial score (nSPS) is 10.8. The maximum absolute atomic E-state index is 8.81. The molecular weight excluding hydrogens is 374 g/mol. The average Bonchev–Trinajstić information content (AvgIpc) is 2.55. The van der Waals surface area contributed by atoms with Crippen LogP contribution in [0.2, 0.25) is 0 Å². The molecule has 0 bridgehead atoms. The lowest BCUT2D eigenvalue weighted by Crippen LogP contribution is -2.12. The van der Waals surface area contributed by atoms with Gasteiger partial charge in [-0.2, -0.15) is 0 Å². The molecule has 2 rings (SSSR count). The SMILES string of the molecule is COc1cc(Br)cc(C=NO)c1OCCOc1c(C)cccc1C. The number of methoxy groups -OCH3 is 1. The maximum Gasteiger partial charge on any atom is 0.170 e. The zero-order valence-electron chi connectivity index (χ0n) is 13.9. The summed E-state index contributed by atoms with van der Waals surface area (Å²) in [6.07, 6.45) is 1.30. The van der Waals surface area contributed by atoms with Crippen molar-refractivity contribution in [2.45, 2.75) is 13.8 Å². The van der Waals surface area contributed by atoms with Crippen LogP contribution in [0.3, 0.4) is 0 Å². The van der Waals surface area contributed by atoms with Crippen molar-refractivity contribution in [2.75, 3.05) is 20.3 Å². The summed E-state index contributed by atoms with van der Waals surface area (Å²) in [5, 5.41) is 11.9. The second kappa shape index (κ2) is 8.59. The zero-order chi connectivity index (χ0) is 17.5. The topological polar surface area (TPSA) is 60.3 Å². The quantitative estimate of drug-likeness (QED) is 0.329. The number of halogens is 1. The van der Waals surface area contributed by atoms with E-state index >= 15 is 0 Å². The van der Waals surface area contributed by atoms with Crippen molar-refractivity contribution >= 4 is 22.1 Å². The Morgan fingerprint density at radius 1 is 1.08 bits per heavy atom. The molecule has 0 unspecified atom stereocenters. The predicted octanol–water partition coefficient (Wildman–Crippen LogP) is 4.34. The summed E-state index contributed by atoms with van der Waals surface area (Å²) >= 11 is 3.38. The Morgan fingerprint density at radius 3 is 2.29 bits per heavy atom. The molecule has 0 fully saturated rings. The summed E-state index contributed by atoms with van der Waals surface area (Å²) in [5.41, 5.74) is 2.78. The van der Waals surface area contributed by atoms with Crippen molar-refractivity contribution in [2.24, 2.45) is 5.16 Å². The molecule has 0 aliphatic heterocycles. The van der Waals surface area contributed by atoms with Crippen LogP contribution in [0.15, 0.2) is 40.0 Å². The molecule has 0 aliphatic rings. The highest BCUT2D eigenvalue weighted by atomic mass is 79.9. The lowest BCUT2D eigenvalue weighted by molar-refractivity contribution is 0.209. The van der Waals surface area contributed by atoms with Gasteiger partial charge in [0.25, 0.3) is 0 Å². The molecule has 24 heavy (non-hydrogen) atoms. The third-order valence-electron chi connectivity index (χ3n) is 3.45. The van der Waals surface area contributed by atoms with Crippen LogP contribution >= 0.6 is 15.9 Å². The van der Waals surface area contributed by atoms with Crippen LogP contribution in [0, 0.1) is 13.8 Å². The first-order valence-corrected chi connectivity index (χ1v) is 8.23. The number of aryl methyl sites for hydroxylation is 2. The van der Waals surface area contributed by atoms with E-state index in [9.17, 15) is 0 Å². The summed E-state index contributed by atoms with van der Waals surface area (Å²) in [6, 6.07) is 9.59. The van der Waals surface area contributed by atoms with E-state index < -0.39 is 0 Å². The molecule has 0 saturated heterocycles. The fourth-order valence-corrected chi connectivity index (χ4v) is 2.82. The molecule has 0 radical (unpaired) electrons. The van der Waals surface area contributed by atoms with Crippen LogP contribution in [-0.2, 0) is 0 Å². The van der Waals surface area contributed by atoms with E-state index in [1.807, 2.05) is 32.0 Å². The summed E-state index contributed by atoms with van der Waals surface area (Å²) in [6.45, 7) is 4.74. The Hall–Kier alpha value is -2.21. The van der Waals surface area contributed by atoms with Gasteiger partial charge < -0.3 is 19.4 Å². The van der Waals surface area contributed by atoms with Crippen LogP contribution in [0.1, 0.15) is 16.7 Å². The molecule has 0 amide bonds. The molecular formula is C18H20BrNO4. The van der Waals surface area contributed by atoms with Crippen LogP contribution < -0.4 is 14.2 Å². The molecule has 0 aliphatic carbocycles. The molecule has 1 N–H and O–H groups in total. The highest BCUT2D eigenvalue weighted by Crippen LogP contribution is 2.34. The molecule has 128 valence electrons. The Balaban J connectivity index is 2.06. The summed E-state index contributed by atoms with van der Waals surface area (Å²) in [4.78, 5) is 0. The molecule has 2 aromatic carbocycles. The van der Waals surface area contributed by atoms with Crippen LogP contribution in [0.25, 0.3) is 0 Å². The van der Waals surface area contributed by atoms with Gasteiger partial charge in [0.05, 0.1) is 13.3 Å². The number of hydrogen-bond acceptors (Lipinski definition) is 5. The standard InChI is InChI=1S/C18H20BrNO4/c1-12-5-4-6-13(2)17(12)23-7-8-24-18-14(11-20-21)9-15(19)10-16(18)22-3/h4-6,9-11,21H,7-8H2,1-3H3. The molecule has 0 spiro atoms. The van der Waals surface area contributed by atoms with Crippen LogP contribution in [-0.4, -0.2) is 31.7 Å². The van der Waals surface area contributed by atoms with Crippen molar-refractivity contribution in [1.29, 1.82) is 0 Å². The van der Waals surface area contributed by atoms with Gasteiger partial charge >= 0.3 is 0 Å². The lowest BCUT2D eigenvalue weighted by Gasteiger charge is -2.15. The van der Waals surface area contributed by atoms with Gasteiger partial charge in [-0.15, -0.1) is 0 Å². The van der Waals surface area contributed by atoms with Crippen molar-refractivity contribution in [3.8, 4) is 17.2 Å². The number of ether oxygens (including phenoxy) is 3. The van der Waals surface area contributed by atoms with Gasteiger partial charge in [0, 0.05) is 10.0 Å². The monoisotopic (exact) mass is 393 g/mol. The number of oxime groups is 1. The van der Waals surface area contributed by atoms with Crippen molar-refractivity contribution < 1.29 is 19.4 Å². The summed E-state index contributed by atoms with van der Waals surface area (Å²) in [7, 11) is 1.56. The first-order valence-electron chi connectivity index (χ1n) is 7.43. The fraction of sp³-hybridized carbons (Fsp3) is 0.278. The van der Waals surface area contributed by atoms with Crippen molar-refractivity contribution in [1.82, 2.24) is 0 Å². The largest absolute Gasteiger partial charge is 0.493 e. The molecule has 6 heteroatoms. The number of rotatable bonds is 7. The van der Waals surface area contributed by atoms with E-state index in [-0.39, 0.29) is 0 Å². The van der Waals surface area contributed by atoms with Crippen molar-refractivity contribution in [3.63, 3.8) is 0 Å². The first kappa shape index (κ1) is 18.1. The number of hydrogen-bond donors (Lipinski definition) is 1. The maximum atomic E-state index is 8.81. The molecule has 5 nitrogen and oxygen atoms in total. The van der Waals surface area contributed by atoms with Gasteiger partial charge in [-0.3, -0.25) is 0 Å². The number of benzene rings is 2. The van der Waals surface area contributed by atoms with Crippen LogP contribution in [0.5, 0.6) is 17.2 Å². The third-order valence-corrected chi connectivity index (χ3v) is 3.91. The van der Waals surface area contributed by atoms with E-state index in [2.05, 4.69) is 21.1 Å². The van der Waals surface area contributed by atoms with Gasteiger partial charge in [0.15, 0.2) is 11.5 Å². The average molecular weight is 394 g/mol. The molecule has 2 aromatic rings. The predicted molar refractivity (Wildman–Crippen MR) is 97.0 cm³/mol. The Bertz CT molecular complexity index is 711. The molecule has 0 saturated carbocycles. The highest BCUT2D eigenvalue weighted by molar-refractivity contribution is 9.10. The Morgan fingerprint density at radius 2 is 1.71 bits per heavy atom. The zero-order valence-corrected chi connectivity index (χ0v) is 15.5. The van der Waals surface area contributed by atoms with E-state index in [0.717, 1.165) is 21.3 Å². The lowest BCUT2D eigenvalue weighted by atomic mass is 10.1. The number of para-hydroxylation sites is 1. The van der Waals surface area contributed by atoms with Gasteiger partial charge in [-0.25, -0.2) is 0 Å². The fourth-order valence-electron chi connectivity index (χ4n) is 2.37. The summed E-state index contributed by atoms with van der Waals surface area (Å²) in [5.74, 6) is 1.93. The second-order valence-corrected chi connectivity index (χ2v) is 6.10.